The van der Waals surface area contributed by atoms with Crippen molar-refractivity contribution in [3.05, 3.63) is 28.3 Å². The first kappa shape index (κ1) is 12.7. The summed E-state index contributed by atoms with van der Waals surface area (Å²) in [6.45, 7) is 5.78. The summed E-state index contributed by atoms with van der Waals surface area (Å²) in [6, 6.07) is 4.46. The molecule has 1 fully saturated rings. The number of nitrogens with zero attached hydrogens (tertiary/aromatic N) is 1. The summed E-state index contributed by atoms with van der Waals surface area (Å²) >= 11 is 0. The zero-order valence-electron chi connectivity index (χ0n) is 10.8. The van der Waals surface area contributed by atoms with Crippen molar-refractivity contribution in [2.75, 3.05) is 0 Å². The molecule has 5 nitrogen and oxygen atoms in total. The summed E-state index contributed by atoms with van der Waals surface area (Å²) in [6.07, 6.45) is 2.17. The van der Waals surface area contributed by atoms with E-state index >= 15 is 0 Å². The number of nitro benzene ring substituents is 1. The molecule has 0 N–H and O–H groups in total. The average Bonchev–Trinajstić information content (AvgIpc) is 3.02. The highest BCUT2D eigenvalue weighted by atomic mass is 16.6. The third-order valence-electron chi connectivity index (χ3n) is 2.37. The molecular formula is C13H17NO4. The quantitative estimate of drug-likeness (QED) is 0.608. The van der Waals surface area contributed by atoms with E-state index in [4.69, 9.17) is 9.47 Å². The Morgan fingerprint density at radius 1 is 1.28 bits per heavy atom. The summed E-state index contributed by atoms with van der Waals surface area (Å²) < 4.78 is 11.4. The molecule has 2 rings (SSSR count). The van der Waals surface area contributed by atoms with Crippen LogP contribution in [0.5, 0.6) is 11.5 Å². The van der Waals surface area contributed by atoms with Crippen LogP contribution in [0.2, 0.25) is 0 Å². The highest BCUT2D eigenvalue weighted by Gasteiger charge is 2.27. The van der Waals surface area contributed by atoms with Crippen molar-refractivity contribution in [2.24, 2.45) is 0 Å². The monoisotopic (exact) mass is 251 g/mol. The lowest BCUT2D eigenvalue weighted by atomic mass is 10.2. The van der Waals surface area contributed by atoms with Gasteiger partial charge in [-0.05, 0) is 39.7 Å². The van der Waals surface area contributed by atoms with Gasteiger partial charge in [0.1, 0.15) is 5.60 Å². The van der Waals surface area contributed by atoms with E-state index in [2.05, 4.69) is 0 Å². The predicted molar refractivity (Wildman–Crippen MR) is 67.1 cm³/mol. The maximum Gasteiger partial charge on any atom is 0.273 e. The van der Waals surface area contributed by atoms with Crippen LogP contribution in [-0.2, 0) is 0 Å². The Labute approximate surface area is 106 Å². The highest BCUT2D eigenvalue weighted by molar-refractivity contribution is 5.49. The number of hydrogen-bond donors (Lipinski definition) is 0. The van der Waals surface area contributed by atoms with Gasteiger partial charge in [0, 0.05) is 6.07 Å². The van der Waals surface area contributed by atoms with Crippen LogP contribution in [0.3, 0.4) is 0 Å². The molecule has 1 aliphatic carbocycles. The lowest BCUT2D eigenvalue weighted by Gasteiger charge is -2.23. The average molecular weight is 251 g/mol. The normalized spacial score (nSPS) is 15.3. The van der Waals surface area contributed by atoms with Gasteiger partial charge in [0.05, 0.1) is 17.1 Å². The second kappa shape index (κ2) is 4.48. The van der Waals surface area contributed by atoms with E-state index in [1.807, 2.05) is 20.8 Å². The van der Waals surface area contributed by atoms with Gasteiger partial charge in [0.15, 0.2) is 11.5 Å². The van der Waals surface area contributed by atoms with Gasteiger partial charge in [-0.1, -0.05) is 0 Å². The number of non-ortho nitro benzene ring substituents is 1. The first-order valence-corrected chi connectivity index (χ1v) is 5.99. The van der Waals surface area contributed by atoms with Crippen LogP contribution in [-0.4, -0.2) is 16.6 Å². The van der Waals surface area contributed by atoms with Crippen LogP contribution in [0.4, 0.5) is 5.69 Å². The van der Waals surface area contributed by atoms with E-state index in [1.165, 1.54) is 12.1 Å². The molecule has 0 atom stereocenters. The van der Waals surface area contributed by atoms with Gasteiger partial charge in [-0.3, -0.25) is 10.1 Å². The summed E-state index contributed by atoms with van der Waals surface area (Å²) in [5.74, 6) is 1.02. The Hall–Kier alpha value is -1.78. The fraction of sp³-hybridized carbons (Fsp3) is 0.538. The zero-order valence-corrected chi connectivity index (χ0v) is 10.8. The highest BCUT2D eigenvalue weighted by Crippen LogP contribution is 2.37. The molecule has 0 spiro atoms. The number of hydrogen-bond acceptors (Lipinski definition) is 4. The number of ether oxygens (including phenoxy) is 2. The van der Waals surface area contributed by atoms with Gasteiger partial charge in [-0.25, -0.2) is 0 Å². The van der Waals surface area contributed by atoms with Crippen LogP contribution >= 0.6 is 0 Å². The summed E-state index contributed by atoms with van der Waals surface area (Å²) in [7, 11) is 0. The minimum atomic E-state index is -0.430. The molecule has 0 heterocycles. The summed E-state index contributed by atoms with van der Waals surface area (Å²) in [5.41, 5.74) is -0.343. The van der Waals surface area contributed by atoms with E-state index in [9.17, 15) is 10.1 Å². The van der Waals surface area contributed by atoms with E-state index < -0.39 is 4.92 Å². The summed E-state index contributed by atoms with van der Waals surface area (Å²) in [4.78, 5) is 10.3. The van der Waals surface area contributed by atoms with Crippen LogP contribution in [0.1, 0.15) is 33.6 Å². The molecule has 0 unspecified atom stereocenters. The first-order chi connectivity index (χ1) is 8.35. The first-order valence-electron chi connectivity index (χ1n) is 5.99. The number of nitro groups is 1. The Balaban J connectivity index is 2.28. The van der Waals surface area contributed by atoms with Gasteiger partial charge in [-0.2, -0.15) is 0 Å². The SMILES string of the molecule is CC(C)(C)Oc1ccc([N+](=O)[O-])cc1OC1CC1. The lowest BCUT2D eigenvalue weighted by molar-refractivity contribution is -0.385. The fourth-order valence-electron chi connectivity index (χ4n) is 1.48. The molecule has 0 radical (unpaired) electrons. The van der Waals surface area contributed by atoms with Crippen molar-refractivity contribution in [3.8, 4) is 11.5 Å². The third-order valence-corrected chi connectivity index (χ3v) is 2.37. The maximum absolute atomic E-state index is 10.8. The van der Waals surface area contributed by atoms with Crippen molar-refractivity contribution in [1.29, 1.82) is 0 Å². The van der Waals surface area contributed by atoms with Gasteiger partial charge in [0.2, 0.25) is 0 Å². The van der Waals surface area contributed by atoms with E-state index in [-0.39, 0.29) is 17.4 Å². The minimum Gasteiger partial charge on any atom is -0.486 e. The van der Waals surface area contributed by atoms with Crippen LogP contribution < -0.4 is 9.47 Å². The molecular weight excluding hydrogens is 234 g/mol. The van der Waals surface area contributed by atoms with Crippen LogP contribution in [0.25, 0.3) is 0 Å². The largest absolute Gasteiger partial charge is 0.486 e. The molecule has 1 saturated carbocycles. The number of rotatable bonds is 4. The van der Waals surface area contributed by atoms with Crippen molar-refractivity contribution in [2.45, 2.75) is 45.3 Å². The van der Waals surface area contributed by atoms with Gasteiger partial charge in [-0.15, -0.1) is 0 Å². The molecule has 98 valence electrons. The van der Waals surface area contributed by atoms with E-state index in [0.717, 1.165) is 12.8 Å². The lowest BCUT2D eigenvalue weighted by Crippen LogP contribution is -2.23. The van der Waals surface area contributed by atoms with Crippen molar-refractivity contribution in [3.63, 3.8) is 0 Å². The van der Waals surface area contributed by atoms with Crippen molar-refractivity contribution >= 4 is 5.69 Å². The van der Waals surface area contributed by atoms with E-state index in [0.29, 0.717) is 11.5 Å². The molecule has 1 aliphatic rings. The van der Waals surface area contributed by atoms with E-state index in [1.54, 1.807) is 6.07 Å². The minimum absolute atomic E-state index is 0.0203. The molecule has 0 saturated heterocycles. The second-order valence-electron chi connectivity index (χ2n) is 5.42. The molecule has 0 bridgehead atoms. The second-order valence-corrected chi connectivity index (χ2v) is 5.42. The fourth-order valence-corrected chi connectivity index (χ4v) is 1.48. The molecule has 1 aromatic rings. The third kappa shape index (κ3) is 3.35. The molecule has 0 aromatic heterocycles. The molecule has 18 heavy (non-hydrogen) atoms. The molecule has 5 heteroatoms. The standard InChI is InChI=1S/C13H17NO4/c1-13(2,3)18-11-7-4-9(14(15)16)8-12(11)17-10-5-6-10/h4,7-8,10H,5-6H2,1-3H3. The van der Waals surface area contributed by atoms with Crippen LogP contribution in [0.15, 0.2) is 18.2 Å². The molecule has 0 aliphatic heterocycles. The van der Waals surface area contributed by atoms with Gasteiger partial charge >= 0.3 is 0 Å². The van der Waals surface area contributed by atoms with Crippen molar-refractivity contribution < 1.29 is 14.4 Å². The zero-order chi connectivity index (χ0) is 13.3. The molecule has 0 amide bonds. The summed E-state index contributed by atoms with van der Waals surface area (Å²) in [5, 5.41) is 10.8. The molecule has 1 aromatic carbocycles. The van der Waals surface area contributed by atoms with Crippen molar-refractivity contribution in [1.82, 2.24) is 0 Å². The maximum atomic E-state index is 10.8. The topological polar surface area (TPSA) is 61.6 Å². The predicted octanol–water partition coefficient (Wildman–Crippen LogP) is 3.31. The van der Waals surface area contributed by atoms with Crippen LogP contribution in [0, 0.1) is 10.1 Å². The Morgan fingerprint density at radius 3 is 2.44 bits per heavy atom. The Kier molecular flexibility index (Phi) is 3.15. The number of benzene rings is 1. The van der Waals surface area contributed by atoms with Gasteiger partial charge < -0.3 is 9.47 Å². The van der Waals surface area contributed by atoms with Gasteiger partial charge in [0.25, 0.3) is 5.69 Å². The Bertz CT molecular complexity index is 461. The smallest absolute Gasteiger partial charge is 0.273 e. The Morgan fingerprint density at radius 2 is 1.94 bits per heavy atom.